The highest BCUT2D eigenvalue weighted by Crippen LogP contribution is 2.26. The summed E-state index contributed by atoms with van der Waals surface area (Å²) in [4.78, 5) is 25.7. The number of hydrogen-bond donors (Lipinski definition) is 1. The summed E-state index contributed by atoms with van der Waals surface area (Å²) in [5.74, 6) is -0.878. The van der Waals surface area contributed by atoms with Gasteiger partial charge in [-0.1, -0.05) is 30.3 Å². The van der Waals surface area contributed by atoms with Crippen molar-refractivity contribution in [3.8, 4) is 0 Å². The van der Waals surface area contributed by atoms with Gasteiger partial charge in [-0.2, -0.15) is 0 Å². The first-order valence-corrected chi connectivity index (χ1v) is 6.99. The van der Waals surface area contributed by atoms with Crippen molar-refractivity contribution in [2.24, 2.45) is 5.73 Å². The fourth-order valence-electron chi connectivity index (χ4n) is 2.49. The highest BCUT2D eigenvalue weighted by atomic mass is 16.5. The van der Waals surface area contributed by atoms with Crippen molar-refractivity contribution >= 4 is 11.9 Å². The minimum Gasteiger partial charge on any atom is -0.465 e. The van der Waals surface area contributed by atoms with Crippen molar-refractivity contribution in [1.29, 1.82) is 0 Å². The molecule has 1 fully saturated rings. The highest BCUT2D eigenvalue weighted by molar-refractivity contribution is 5.83. The number of morpholine rings is 1. The van der Waals surface area contributed by atoms with E-state index < -0.39 is 18.0 Å². The minimum absolute atomic E-state index is 0.193. The number of ether oxygens (including phenoxy) is 2. The van der Waals surface area contributed by atoms with Gasteiger partial charge in [0.15, 0.2) is 0 Å². The van der Waals surface area contributed by atoms with Crippen molar-refractivity contribution in [1.82, 2.24) is 4.90 Å². The summed E-state index contributed by atoms with van der Waals surface area (Å²) in [5, 5.41) is 0. The first kappa shape index (κ1) is 15.5. The number of carbonyl (C=O) groups excluding carboxylic acids is 2. The van der Waals surface area contributed by atoms with Gasteiger partial charge in [0, 0.05) is 6.54 Å². The number of rotatable bonds is 5. The molecule has 1 aromatic carbocycles. The Balaban J connectivity index is 2.33. The number of nitrogens with two attached hydrogens (primary N) is 1. The van der Waals surface area contributed by atoms with Crippen molar-refractivity contribution in [3.05, 3.63) is 35.9 Å². The highest BCUT2D eigenvalue weighted by Gasteiger charge is 2.38. The van der Waals surface area contributed by atoms with Gasteiger partial charge in [-0.3, -0.25) is 9.69 Å². The smallest absolute Gasteiger partial charge is 0.328 e. The molecular formula is C15H20N2O4. The number of esters is 1. The Bertz CT molecular complexity index is 492. The van der Waals surface area contributed by atoms with Crippen LogP contribution in [0.2, 0.25) is 0 Å². The number of amides is 1. The fourth-order valence-corrected chi connectivity index (χ4v) is 2.49. The Labute approximate surface area is 123 Å². The van der Waals surface area contributed by atoms with Crippen molar-refractivity contribution < 1.29 is 19.1 Å². The molecule has 0 radical (unpaired) electrons. The maximum absolute atomic E-state index is 12.4. The average molecular weight is 292 g/mol. The third kappa shape index (κ3) is 3.59. The van der Waals surface area contributed by atoms with E-state index in [4.69, 9.17) is 15.2 Å². The SMILES string of the molecule is CCOC(=O)C(c1ccccc1)N1CCOCC1C(N)=O. The lowest BCUT2D eigenvalue weighted by Crippen LogP contribution is -2.55. The lowest BCUT2D eigenvalue weighted by molar-refractivity contribution is -0.155. The first-order chi connectivity index (χ1) is 10.1. The van der Waals surface area contributed by atoms with E-state index in [2.05, 4.69) is 0 Å². The third-order valence-corrected chi connectivity index (χ3v) is 3.46. The molecular weight excluding hydrogens is 272 g/mol. The molecule has 0 aliphatic carbocycles. The van der Waals surface area contributed by atoms with E-state index in [0.29, 0.717) is 13.2 Å². The van der Waals surface area contributed by atoms with Gasteiger partial charge in [0.1, 0.15) is 12.1 Å². The second-order valence-electron chi connectivity index (χ2n) is 4.80. The molecule has 21 heavy (non-hydrogen) atoms. The molecule has 0 spiro atoms. The summed E-state index contributed by atoms with van der Waals surface area (Å²) in [5.41, 5.74) is 6.22. The quantitative estimate of drug-likeness (QED) is 0.798. The van der Waals surface area contributed by atoms with E-state index in [-0.39, 0.29) is 19.2 Å². The molecule has 6 heteroatoms. The molecule has 0 saturated carbocycles. The van der Waals surface area contributed by atoms with Gasteiger partial charge in [0.05, 0.1) is 19.8 Å². The van der Waals surface area contributed by atoms with E-state index in [1.54, 1.807) is 11.8 Å². The Kier molecular flexibility index (Phi) is 5.30. The number of nitrogens with zero attached hydrogens (tertiary/aromatic N) is 1. The van der Waals surface area contributed by atoms with Crippen LogP contribution in [0, 0.1) is 0 Å². The Hall–Kier alpha value is -1.92. The van der Waals surface area contributed by atoms with E-state index in [9.17, 15) is 9.59 Å². The van der Waals surface area contributed by atoms with E-state index in [0.717, 1.165) is 5.56 Å². The molecule has 1 amide bonds. The third-order valence-electron chi connectivity index (χ3n) is 3.46. The van der Waals surface area contributed by atoms with Crippen LogP contribution in [0.25, 0.3) is 0 Å². The molecule has 1 saturated heterocycles. The van der Waals surface area contributed by atoms with Crippen LogP contribution in [0.1, 0.15) is 18.5 Å². The van der Waals surface area contributed by atoms with Crippen molar-refractivity contribution in [2.45, 2.75) is 19.0 Å². The molecule has 2 atom stereocenters. The largest absolute Gasteiger partial charge is 0.465 e. The number of carbonyl (C=O) groups is 2. The zero-order valence-electron chi connectivity index (χ0n) is 12.0. The fraction of sp³-hybridized carbons (Fsp3) is 0.467. The monoisotopic (exact) mass is 292 g/mol. The maximum Gasteiger partial charge on any atom is 0.328 e. The molecule has 2 N–H and O–H groups in total. The van der Waals surface area contributed by atoms with Gasteiger partial charge in [0.25, 0.3) is 0 Å². The second kappa shape index (κ2) is 7.19. The molecule has 0 aromatic heterocycles. The van der Waals surface area contributed by atoms with Gasteiger partial charge < -0.3 is 15.2 Å². The summed E-state index contributed by atoms with van der Waals surface area (Å²) < 4.78 is 10.5. The molecule has 6 nitrogen and oxygen atoms in total. The summed E-state index contributed by atoms with van der Waals surface area (Å²) in [6, 6.07) is 7.98. The van der Waals surface area contributed by atoms with Gasteiger partial charge in [0.2, 0.25) is 5.91 Å². The normalized spacial score (nSPS) is 20.7. The van der Waals surface area contributed by atoms with Gasteiger partial charge in [-0.25, -0.2) is 4.79 Å². The number of primary amides is 1. The standard InChI is InChI=1S/C15H20N2O4/c1-2-21-15(19)13(11-6-4-3-5-7-11)17-8-9-20-10-12(17)14(16)18/h3-7,12-13H,2,8-10H2,1H3,(H2,16,18). The number of hydrogen-bond acceptors (Lipinski definition) is 5. The molecule has 1 heterocycles. The van der Waals surface area contributed by atoms with Crippen molar-refractivity contribution in [3.63, 3.8) is 0 Å². The Morgan fingerprint density at radius 2 is 2.14 bits per heavy atom. The zero-order valence-corrected chi connectivity index (χ0v) is 12.0. The Morgan fingerprint density at radius 1 is 1.43 bits per heavy atom. The van der Waals surface area contributed by atoms with Crippen LogP contribution < -0.4 is 5.73 Å². The second-order valence-corrected chi connectivity index (χ2v) is 4.80. The maximum atomic E-state index is 12.4. The predicted octanol–water partition coefficient (Wildman–Crippen LogP) is 0.477. The van der Waals surface area contributed by atoms with Gasteiger partial charge in [-0.15, -0.1) is 0 Å². The lowest BCUT2D eigenvalue weighted by atomic mass is 10.0. The topological polar surface area (TPSA) is 81.9 Å². The molecule has 1 aliphatic rings. The molecule has 1 aliphatic heterocycles. The lowest BCUT2D eigenvalue weighted by Gasteiger charge is -2.38. The predicted molar refractivity (Wildman–Crippen MR) is 76.3 cm³/mol. The molecule has 2 unspecified atom stereocenters. The molecule has 2 rings (SSSR count). The number of benzene rings is 1. The van der Waals surface area contributed by atoms with Crippen molar-refractivity contribution in [2.75, 3.05) is 26.4 Å². The van der Waals surface area contributed by atoms with Crippen LogP contribution in [0.3, 0.4) is 0 Å². The van der Waals surface area contributed by atoms with Crippen LogP contribution in [0.15, 0.2) is 30.3 Å². The summed E-state index contributed by atoms with van der Waals surface area (Å²) in [7, 11) is 0. The van der Waals surface area contributed by atoms with Gasteiger partial charge >= 0.3 is 5.97 Å². The molecule has 1 aromatic rings. The van der Waals surface area contributed by atoms with Crippen LogP contribution in [0.4, 0.5) is 0 Å². The Morgan fingerprint density at radius 3 is 2.76 bits per heavy atom. The summed E-state index contributed by atoms with van der Waals surface area (Å²) in [6.45, 7) is 3.13. The van der Waals surface area contributed by atoms with E-state index in [1.807, 2.05) is 30.3 Å². The van der Waals surface area contributed by atoms with Crippen LogP contribution in [0.5, 0.6) is 0 Å². The average Bonchev–Trinajstić information content (AvgIpc) is 2.49. The van der Waals surface area contributed by atoms with E-state index >= 15 is 0 Å². The van der Waals surface area contributed by atoms with E-state index in [1.165, 1.54) is 0 Å². The molecule has 0 bridgehead atoms. The summed E-state index contributed by atoms with van der Waals surface area (Å²) >= 11 is 0. The van der Waals surface area contributed by atoms with Gasteiger partial charge in [-0.05, 0) is 12.5 Å². The van der Waals surface area contributed by atoms with Crippen LogP contribution in [-0.2, 0) is 19.1 Å². The van der Waals surface area contributed by atoms with Crippen LogP contribution >= 0.6 is 0 Å². The molecule has 114 valence electrons. The van der Waals surface area contributed by atoms with Crippen LogP contribution in [-0.4, -0.2) is 49.2 Å². The zero-order chi connectivity index (χ0) is 15.2. The minimum atomic E-state index is -0.646. The first-order valence-electron chi connectivity index (χ1n) is 6.99. The summed E-state index contributed by atoms with van der Waals surface area (Å²) in [6.07, 6.45) is 0.